The molecule has 2 atom stereocenters. The lowest BCUT2D eigenvalue weighted by Gasteiger charge is -2.31. The molecule has 4 heteroatoms. The van der Waals surface area contributed by atoms with Crippen LogP contribution in [0.2, 0.25) is 0 Å². The summed E-state index contributed by atoms with van der Waals surface area (Å²) < 4.78 is 0. The Morgan fingerprint density at radius 1 is 1.50 bits per heavy atom. The Hall–Kier alpha value is -1.55. The molecule has 1 aliphatic heterocycles. The van der Waals surface area contributed by atoms with E-state index in [1.807, 2.05) is 37.3 Å². The van der Waals surface area contributed by atoms with E-state index in [1.165, 1.54) is 5.56 Å². The third-order valence-corrected chi connectivity index (χ3v) is 3.50. The van der Waals surface area contributed by atoms with Gasteiger partial charge in [0, 0.05) is 18.6 Å². The van der Waals surface area contributed by atoms with Crippen LogP contribution in [0.1, 0.15) is 18.9 Å². The van der Waals surface area contributed by atoms with E-state index in [0.717, 1.165) is 25.9 Å². The monoisotopic (exact) mass is 248 g/mol. The minimum absolute atomic E-state index is 0.00907. The number of carbonyl (C=O) groups is 1. The molecule has 0 aromatic heterocycles. The Kier molecular flexibility index (Phi) is 4.20. The molecular weight excluding hydrogens is 228 g/mol. The molecule has 1 aliphatic rings. The standard InChI is InChI=1S/C14H20N2O2/c1-11(9-12-5-3-2-4-6-12)16(14(17)18)13-7-8-15-10-13/h2-6,11,13,15H,7-10H2,1H3,(H,17,18). The van der Waals surface area contributed by atoms with Crippen LogP contribution in [-0.2, 0) is 6.42 Å². The van der Waals surface area contributed by atoms with Crippen molar-refractivity contribution in [1.82, 2.24) is 10.2 Å². The summed E-state index contributed by atoms with van der Waals surface area (Å²) in [5, 5.41) is 12.6. The zero-order chi connectivity index (χ0) is 13.0. The van der Waals surface area contributed by atoms with Gasteiger partial charge in [-0.05, 0) is 31.9 Å². The Morgan fingerprint density at radius 2 is 2.22 bits per heavy atom. The van der Waals surface area contributed by atoms with Gasteiger partial charge >= 0.3 is 6.09 Å². The maximum absolute atomic E-state index is 11.4. The van der Waals surface area contributed by atoms with Crippen LogP contribution in [0.15, 0.2) is 30.3 Å². The summed E-state index contributed by atoms with van der Waals surface area (Å²) in [6.45, 7) is 3.66. The van der Waals surface area contributed by atoms with E-state index in [1.54, 1.807) is 4.90 Å². The molecule has 0 aliphatic carbocycles. The normalized spacial score (nSPS) is 20.6. The maximum Gasteiger partial charge on any atom is 0.407 e. The van der Waals surface area contributed by atoms with E-state index in [9.17, 15) is 9.90 Å². The first-order chi connectivity index (χ1) is 8.68. The van der Waals surface area contributed by atoms with Gasteiger partial charge in [0.1, 0.15) is 0 Å². The van der Waals surface area contributed by atoms with E-state index in [4.69, 9.17) is 0 Å². The number of benzene rings is 1. The van der Waals surface area contributed by atoms with Gasteiger partial charge in [-0.3, -0.25) is 0 Å². The van der Waals surface area contributed by atoms with E-state index >= 15 is 0 Å². The van der Waals surface area contributed by atoms with Gasteiger partial charge in [0.05, 0.1) is 0 Å². The summed E-state index contributed by atoms with van der Waals surface area (Å²) in [5.74, 6) is 0. The molecule has 0 bridgehead atoms. The molecule has 0 radical (unpaired) electrons. The average molecular weight is 248 g/mol. The first kappa shape index (κ1) is 12.9. The summed E-state index contributed by atoms with van der Waals surface area (Å²) in [5.41, 5.74) is 1.18. The first-order valence-electron chi connectivity index (χ1n) is 6.44. The van der Waals surface area contributed by atoms with Gasteiger partial charge in [-0.15, -0.1) is 0 Å². The highest BCUT2D eigenvalue weighted by atomic mass is 16.4. The number of amides is 1. The Labute approximate surface area is 108 Å². The summed E-state index contributed by atoms with van der Waals surface area (Å²) in [6, 6.07) is 10.2. The fraction of sp³-hybridized carbons (Fsp3) is 0.500. The average Bonchev–Trinajstić information content (AvgIpc) is 2.83. The molecule has 0 spiro atoms. The Morgan fingerprint density at radius 3 is 2.78 bits per heavy atom. The fourth-order valence-corrected chi connectivity index (χ4v) is 2.64. The van der Waals surface area contributed by atoms with Gasteiger partial charge in [-0.1, -0.05) is 30.3 Å². The van der Waals surface area contributed by atoms with Crippen molar-refractivity contribution in [1.29, 1.82) is 0 Å². The van der Waals surface area contributed by atoms with Crippen molar-refractivity contribution < 1.29 is 9.90 Å². The van der Waals surface area contributed by atoms with Crippen LogP contribution in [-0.4, -0.2) is 41.3 Å². The van der Waals surface area contributed by atoms with Crippen LogP contribution in [0, 0.1) is 0 Å². The summed E-state index contributed by atoms with van der Waals surface area (Å²) >= 11 is 0. The molecule has 98 valence electrons. The van der Waals surface area contributed by atoms with Crippen LogP contribution >= 0.6 is 0 Å². The van der Waals surface area contributed by atoms with Crippen molar-refractivity contribution in [2.24, 2.45) is 0 Å². The van der Waals surface area contributed by atoms with Crippen LogP contribution < -0.4 is 5.32 Å². The maximum atomic E-state index is 11.4. The zero-order valence-electron chi connectivity index (χ0n) is 10.7. The summed E-state index contributed by atoms with van der Waals surface area (Å²) in [7, 11) is 0. The van der Waals surface area contributed by atoms with Gasteiger partial charge in [-0.2, -0.15) is 0 Å². The fourth-order valence-electron chi connectivity index (χ4n) is 2.64. The van der Waals surface area contributed by atoms with Gasteiger partial charge in [0.25, 0.3) is 0 Å². The zero-order valence-corrected chi connectivity index (χ0v) is 10.7. The number of nitrogens with one attached hydrogen (secondary N) is 1. The quantitative estimate of drug-likeness (QED) is 0.856. The molecule has 1 aromatic rings. The molecule has 4 nitrogen and oxygen atoms in total. The van der Waals surface area contributed by atoms with Crippen molar-refractivity contribution in [3.63, 3.8) is 0 Å². The van der Waals surface area contributed by atoms with Crippen molar-refractivity contribution >= 4 is 6.09 Å². The van der Waals surface area contributed by atoms with E-state index in [-0.39, 0.29) is 12.1 Å². The van der Waals surface area contributed by atoms with Crippen molar-refractivity contribution in [3.05, 3.63) is 35.9 Å². The Balaban J connectivity index is 2.04. The first-order valence-corrected chi connectivity index (χ1v) is 6.44. The minimum Gasteiger partial charge on any atom is -0.465 e. The number of rotatable bonds is 4. The van der Waals surface area contributed by atoms with Gasteiger partial charge in [0.2, 0.25) is 0 Å². The number of nitrogens with zero attached hydrogens (tertiary/aromatic N) is 1. The highest BCUT2D eigenvalue weighted by Crippen LogP contribution is 2.16. The predicted molar refractivity (Wildman–Crippen MR) is 70.7 cm³/mol. The molecule has 1 amide bonds. The minimum atomic E-state index is -0.813. The summed E-state index contributed by atoms with van der Waals surface area (Å²) in [6.07, 6.45) is 0.863. The molecular formula is C14H20N2O2. The van der Waals surface area contributed by atoms with Crippen molar-refractivity contribution in [2.45, 2.75) is 31.8 Å². The topological polar surface area (TPSA) is 52.6 Å². The van der Waals surface area contributed by atoms with Crippen molar-refractivity contribution in [2.75, 3.05) is 13.1 Å². The van der Waals surface area contributed by atoms with Crippen molar-refractivity contribution in [3.8, 4) is 0 Å². The molecule has 2 N–H and O–H groups in total. The van der Waals surface area contributed by atoms with Gasteiger partial charge in [-0.25, -0.2) is 4.79 Å². The molecule has 1 saturated heterocycles. The molecule has 18 heavy (non-hydrogen) atoms. The Bertz CT molecular complexity index is 388. The second-order valence-electron chi connectivity index (χ2n) is 4.88. The predicted octanol–water partition coefficient (Wildman–Crippen LogP) is 1.96. The smallest absolute Gasteiger partial charge is 0.407 e. The van der Waals surface area contributed by atoms with Gasteiger partial charge in [0.15, 0.2) is 0 Å². The third-order valence-electron chi connectivity index (χ3n) is 3.50. The summed E-state index contributed by atoms with van der Waals surface area (Å²) in [4.78, 5) is 13.0. The number of carboxylic acid groups (broad SMARTS) is 1. The van der Waals surface area contributed by atoms with E-state index < -0.39 is 6.09 Å². The van der Waals surface area contributed by atoms with Gasteiger partial charge < -0.3 is 15.3 Å². The molecule has 1 fully saturated rings. The second-order valence-corrected chi connectivity index (χ2v) is 4.88. The highest BCUT2D eigenvalue weighted by molar-refractivity contribution is 5.66. The number of hydrogen-bond donors (Lipinski definition) is 2. The SMILES string of the molecule is CC(Cc1ccccc1)N(C(=O)O)C1CCNC1. The second kappa shape index (κ2) is 5.87. The van der Waals surface area contributed by atoms with Crippen LogP contribution in [0.4, 0.5) is 4.79 Å². The lowest BCUT2D eigenvalue weighted by atomic mass is 10.0. The van der Waals surface area contributed by atoms with Crippen LogP contribution in [0.3, 0.4) is 0 Å². The molecule has 1 aromatic carbocycles. The molecule has 0 saturated carbocycles. The van der Waals surface area contributed by atoms with Crippen LogP contribution in [0.5, 0.6) is 0 Å². The largest absolute Gasteiger partial charge is 0.465 e. The van der Waals surface area contributed by atoms with Crippen LogP contribution in [0.25, 0.3) is 0 Å². The van der Waals surface area contributed by atoms with E-state index in [0.29, 0.717) is 0 Å². The molecule has 2 rings (SSSR count). The molecule has 1 heterocycles. The lowest BCUT2D eigenvalue weighted by molar-refractivity contribution is 0.107. The highest BCUT2D eigenvalue weighted by Gasteiger charge is 2.30. The lowest BCUT2D eigenvalue weighted by Crippen LogP contribution is -2.47. The number of hydrogen-bond acceptors (Lipinski definition) is 2. The molecule has 2 unspecified atom stereocenters. The third kappa shape index (κ3) is 3.01. The van der Waals surface area contributed by atoms with E-state index in [2.05, 4.69) is 5.32 Å².